The molecule has 1 saturated heterocycles. The second-order valence-electron chi connectivity index (χ2n) is 9.17. The highest BCUT2D eigenvalue weighted by molar-refractivity contribution is 7.17. The molecule has 1 aliphatic heterocycles. The average molecular weight is 450 g/mol. The van der Waals surface area contributed by atoms with E-state index in [4.69, 9.17) is 4.98 Å². The van der Waals surface area contributed by atoms with Crippen LogP contribution < -0.4 is 5.43 Å². The van der Waals surface area contributed by atoms with Crippen molar-refractivity contribution in [1.82, 2.24) is 19.7 Å². The monoisotopic (exact) mass is 449 g/mol. The fraction of sp³-hybridized carbons (Fsp3) is 0.480. The van der Waals surface area contributed by atoms with E-state index in [-0.39, 0.29) is 11.8 Å². The first-order chi connectivity index (χ1) is 15.6. The van der Waals surface area contributed by atoms with Gasteiger partial charge in [0.25, 0.3) is 0 Å². The first-order valence-electron chi connectivity index (χ1n) is 11.8. The van der Waals surface area contributed by atoms with E-state index < -0.39 is 0 Å². The lowest BCUT2D eigenvalue weighted by molar-refractivity contribution is -0.126. The molecule has 2 aliphatic rings. The molecule has 1 amide bonds. The van der Waals surface area contributed by atoms with E-state index in [0.29, 0.717) is 6.04 Å². The Hall–Kier alpha value is -2.51. The largest absolute Gasteiger partial charge is 0.300 e. The van der Waals surface area contributed by atoms with E-state index in [1.54, 1.807) is 17.6 Å². The van der Waals surface area contributed by atoms with E-state index >= 15 is 0 Å². The molecule has 0 saturated carbocycles. The third-order valence-electron chi connectivity index (χ3n) is 6.72. The molecule has 1 N–H and O–H groups in total. The van der Waals surface area contributed by atoms with Crippen LogP contribution in [0.25, 0.3) is 16.2 Å². The number of hydrogen-bond donors (Lipinski definition) is 1. The van der Waals surface area contributed by atoms with Gasteiger partial charge in [-0.25, -0.2) is 10.4 Å². The second-order valence-corrected chi connectivity index (χ2v) is 10.2. The van der Waals surface area contributed by atoms with Gasteiger partial charge in [-0.05, 0) is 58.9 Å². The number of benzene rings is 1. The van der Waals surface area contributed by atoms with Crippen molar-refractivity contribution in [3.05, 3.63) is 46.6 Å². The van der Waals surface area contributed by atoms with Gasteiger partial charge in [-0.3, -0.25) is 9.20 Å². The molecular weight excluding hydrogens is 418 g/mol. The number of amides is 1. The summed E-state index contributed by atoms with van der Waals surface area (Å²) in [6, 6.07) is 10.7. The number of thiazole rings is 1. The number of hydrazone groups is 1. The Kier molecular flexibility index (Phi) is 6.11. The number of aromatic nitrogens is 2. The van der Waals surface area contributed by atoms with Gasteiger partial charge in [0.1, 0.15) is 0 Å². The predicted molar refractivity (Wildman–Crippen MR) is 130 cm³/mol. The molecule has 1 atom stereocenters. The van der Waals surface area contributed by atoms with E-state index in [9.17, 15) is 4.79 Å². The standard InChI is InChI=1S/C25H31N5OS/c1-17(2)29-14-8-11-19(16-29)24(31)28-26-15-21-23(18-9-4-3-5-10-18)27-25-30(21)20-12-6-7-13-22(20)32-25/h3-5,9-10,15,17,19H,6-8,11-14,16H2,1-2H3,(H,28,31). The summed E-state index contributed by atoms with van der Waals surface area (Å²) in [6.45, 7) is 6.26. The van der Waals surface area contributed by atoms with E-state index in [1.165, 1.54) is 23.4 Å². The fourth-order valence-corrected chi connectivity index (χ4v) is 6.14. The highest BCUT2D eigenvalue weighted by Gasteiger charge is 2.27. The van der Waals surface area contributed by atoms with Gasteiger partial charge in [-0.1, -0.05) is 30.3 Å². The number of carbonyl (C=O) groups excluding carboxylic acids is 1. The predicted octanol–water partition coefficient (Wildman–Crippen LogP) is 4.51. The van der Waals surface area contributed by atoms with Gasteiger partial charge >= 0.3 is 0 Å². The maximum absolute atomic E-state index is 12.8. The normalized spacial score (nSPS) is 19.7. The Morgan fingerprint density at radius 2 is 2.03 bits per heavy atom. The zero-order chi connectivity index (χ0) is 22.1. The van der Waals surface area contributed by atoms with Crippen molar-refractivity contribution in [2.75, 3.05) is 13.1 Å². The van der Waals surface area contributed by atoms with Crippen molar-refractivity contribution in [2.24, 2.45) is 11.0 Å². The zero-order valence-corrected chi connectivity index (χ0v) is 19.7. The summed E-state index contributed by atoms with van der Waals surface area (Å²) in [5, 5.41) is 4.42. The number of nitrogens with one attached hydrogen (secondary N) is 1. The fourth-order valence-electron chi connectivity index (χ4n) is 4.92. The maximum atomic E-state index is 12.8. The van der Waals surface area contributed by atoms with Crippen molar-refractivity contribution < 1.29 is 4.79 Å². The van der Waals surface area contributed by atoms with Crippen LogP contribution in [-0.2, 0) is 17.6 Å². The molecule has 168 valence electrons. The summed E-state index contributed by atoms with van der Waals surface area (Å²) in [5.74, 6) is 0.0113. The lowest BCUT2D eigenvalue weighted by atomic mass is 9.96. The number of imidazole rings is 1. The van der Waals surface area contributed by atoms with Gasteiger partial charge in [0.15, 0.2) is 4.96 Å². The number of likely N-dealkylation sites (tertiary alicyclic amines) is 1. The summed E-state index contributed by atoms with van der Waals surface area (Å²) >= 11 is 1.79. The zero-order valence-electron chi connectivity index (χ0n) is 18.9. The van der Waals surface area contributed by atoms with Gasteiger partial charge in [0, 0.05) is 28.7 Å². The van der Waals surface area contributed by atoms with Crippen LogP contribution in [0.2, 0.25) is 0 Å². The van der Waals surface area contributed by atoms with Crippen LogP contribution in [0.1, 0.15) is 55.8 Å². The third kappa shape index (κ3) is 4.11. The molecular formula is C25H31N5OS. The highest BCUT2D eigenvalue weighted by Crippen LogP contribution is 2.34. The second kappa shape index (κ2) is 9.16. The van der Waals surface area contributed by atoms with Crippen molar-refractivity contribution in [1.29, 1.82) is 0 Å². The molecule has 1 fully saturated rings. The van der Waals surface area contributed by atoms with Gasteiger partial charge in [-0.15, -0.1) is 11.3 Å². The average Bonchev–Trinajstić information content (AvgIpc) is 3.36. The number of carbonyl (C=O) groups is 1. The van der Waals surface area contributed by atoms with Gasteiger partial charge < -0.3 is 4.90 Å². The van der Waals surface area contributed by atoms with Crippen LogP contribution in [0.5, 0.6) is 0 Å². The Morgan fingerprint density at radius 3 is 2.84 bits per heavy atom. The number of piperidine rings is 1. The molecule has 7 heteroatoms. The van der Waals surface area contributed by atoms with Crippen molar-refractivity contribution in [3.63, 3.8) is 0 Å². The summed E-state index contributed by atoms with van der Waals surface area (Å²) < 4.78 is 2.26. The molecule has 3 heterocycles. The SMILES string of the molecule is CC(C)N1CCCC(C(=O)NN=Cc2c(-c3ccccc3)nc3sc4c(n23)CCCC4)C1. The molecule has 1 unspecified atom stereocenters. The molecule has 0 bridgehead atoms. The van der Waals surface area contributed by atoms with Gasteiger partial charge in [0.2, 0.25) is 5.91 Å². The molecule has 0 spiro atoms. The molecule has 5 rings (SSSR count). The molecule has 0 radical (unpaired) electrons. The summed E-state index contributed by atoms with van der Waals surface area (Å²) in [7, 11) is 0. The van der Waals surface area contributed by atoms with Crippen LogP contribution in [0, 0.1) is 5.92 Å². The lowest BCUT2D eigenvalue weighted by Crippen LogP contribution is -2.44. The Balaban J connectivity index is 1.43. The highest BCUT2D eigenvalue weighted by atomic mass is 32.1. The van der Waals surface area contributed by atoms with Gasteiger partial charge in [-0.2, -0.15) is 5.10 Å². The topological polar surface area (TPSA) is 62.0 Å². The van der Waals surface area contributed by atoms with Crippen LogP contribution >= 0.6 is 11.3 Å². The van der Waals surface area contributed by atoms with E-state index in [0.717, 1.165) is 60.7 Å². The molecule has 6 nitrogen and oxygen atoms in total. The number of nitrogens with zero attached hydrogens (tertiary/aromatic N) is 4. The quantitative estimate of drug-likeness (QED) is 0.460. The Bertz CT molecular complexity index is 1130. The van der Waals surface area contributed by atoms with E-state index in [2.05, 4.69) is 45.8 Å². The Labute approximate surface area is 193 Å². The summed E-state index contributed by atoms with van der Waals surface area (Å²) in [4.78, 5) is 22.6. The first-order valence-corrected chi connectivity index (χ1v) is 12.6. The molecule has 2 aromatic heterocycles. The maximum Gasteiger partial charge on any atom is 0.244 e. The molecule has 1 aromatic carbocycles. The van der Waals surface area contributed by atoms with Crippen LogP contribution in [0.15, 0.2) is 35.4 Å². The first kappa shape index (κ1) is 21.3. The van der Waals surface area contributed by atoms with Gasteiger partial charge in [0.05, 0.1) is 23.5 Å². The van der Waals surface area contributed by atoms with Crippen LogP contribution in [0.3, 0.4) is 0 Å². The summed E-state index contributed by atoms with van der Waals surface area (Å²) in [5.41, 5.74) is 7.14. The minimum absolute atomic E-state index is 0.00346. The number of hydrogen-bond acceptors (Lipinski definition) is 5. The van der Waals surface area contributed by atoms with Crippen molar-refractivity contribution in [3.8, 4) is 11.3 Å². The van der Waals surface area contributed by atoms with Crippen molar-refractivity contribution >= 4 is 28.4 Å². The Morgan fingerprint density at radius 1 is 1.22 bits per heavy atom. The third-order valence-corrected chi connectivity index (χ3v) is 7.86. The van der Waals surface area contributed by atoms with E-state index in [1.807, 2.05) is 18.2 Å². The molecule has 32 heavy (non-hydrogen) atoms. The number of aryl methyl sites for hydroxylation is 2. The minimum atomic E-state index is -0.00346. The molecule has 3 aromatic rings. The number of fused-ring (bicyclic) bond motifs is 3. The molecule has 1 aliphatic carbocycles. The number of rotatable bonds is 5. The van der Waals surface area contributed by atoms with Crippen molar-refractivity contribution in [2.45, 2.75) is 58.4 Å². The summed E-state index contributed by atoms with van der Waals surface area (Å²) in [6.07, 6.45) is 8.43. The minimum Gasteiger partial charge on any atom is -0.300 e. The lowest BCUT2D eigenvalue weighted by Gasteiger charge is -2.34. The van der Waals surface area contributed by atoms with Crippen LogP contribution in [0.4, 0.5) is 0 Å². The van der Waals surface area contributed by atoms with Crippen LogP contribution in [-0.4, -0.2) is 45.5 Å². The smallest absolute Gasteiger partial charge is 0.244 e.